The van der Waals surface area contributed by atoms with Gasteiger partial charge in [-0.3, -0.25) is 0 Å². The normalized spacial score (nSPS) is 10.5. The standard InChI is InChI=1S/C13H17N3S/c1-9-3-4-11(7-10(9)2)15-13-16-12(5-6-14)8-17-13/h3-4,7-8H,5-6,14H2,1-2H3,(H,15,16). The van der Waals surface area contributed by atoms with Gasteiger partial charge in [-0.05, 0) is 43.7 Å². The molecular formula is C13H17N3S. The lowest BCUT2D eigenvalue weighted by atomic mass is 10.1. The van der Waals surface area contributed by atoms with Gasteiger partial charge in [-0.25, -0.2) is 4.98 Å². The van der Waals surface area contributed by atoms with Gasteiger partial charge < -0.3 is 11.1 Å². The molecule has 0 aliphatic carbocycles. The molecule has 0 fully saturated rings. The third-order valence-electron chi connectivity index (χ3n) is 2.71. The minimum absolute atomic E-state index is 0.646. The van der Waals surface area contributed by atoms with Crippen LogP contribution in [0.5, 0.6) is 0 Å². The van der Waals surface area contributed by atoms with Crippen LogP contribution >= 0.6 is 11.3 Å². The smallest absolute Gasteiger partial charge is 0.187 e. The molecule has 0 saturated carbocycles. The third-order valence-corrected chi connectivity index (χ3v) is 3.52. The van der Waals surface area contributed by atoms with E-state index in [1.807, 2.05) is 0 Å². The summed E-state index contributed by atoms with van der Waals surface area (Å²) in [6.07, 6.45) is 0.838. The first kappa shape index (κ1) is 12.1. The molecule has 2 rings (SSSR count). The molecular weight excluding hydrogens is 230 g/mol. The molecule has 3 nitrogen and oxygen atoms in total. The number of nitrogens with zero attached hydrogens (tertiary/aromatic N) is 1. The average Bonchev–Trinajstić information content (AvgIpc) is 2.72. The highest BCUT2D eigenvalue weighted by Crippen LogP contribution is 2.22. The molecule has 4 heteroatoms. The summed E-state index contributed by atoms with van der Waals surface area (Å²) in [7, 11) is 0. The molecule has 1 aromatic carbocycles. The fourth-order valence-electron chi connectivity index (χ4n) is 1.57. The van der Waals surface area contributed by atoms with E-state index in [1.54, 1.807) is 11.3 Å². The number of anilines is 2. The molecule has 0 unspecified atom stereocenters. The topological polar surface area (TPSA) is 50.9 Å². The van der Waals surface area contributed by atoms with Crippen LogP contribution in [-0.2, 0) is 6.42 Å². The van der Waals surface area contributed by atoms with Crippen molar-refractivity contribution in [3.63, 3.8) is 0 Å². The highest BCUT2D eigenvalue weighted by molar-refractivity contribution is 7.13. The van der Waals surface area contributed by atoms with Crippen LogP contribution in [0.4, 0.5) is 10.8 Å². The molecule has 2 aromatic rings. The van der Waals surface area contributed by atoms with Crippen molar-refractivity contribution in [1.82, 2.24) is 4.98 Å². The Hall–Kier alpha value is -1.39. The quantitative estimate of drug-likeness (QED) is 0.873. The van der Waals surface area contributed by atoms with Gasteiger partial charge in [-0.1, -0.05) is 6.07 Å². The predicted octanol–water partition coefficient (Wildman–Crippen LogP) is 3.00. The van der Waals surface area contributed by atoms with Gasteiger partial charge in [0.25, 0.3) is 0 Å². The zero-order chi connectivity index (χ0) is 12.3. The molecule has 3 N–H and O–H groups in total. The molecule has 1 heterocycles. The average molecular weight is 247 g/mol. The number of benzene rings is 1. The van der Waals surface area contributed by atoms with Gasteiger partial charge in [0.05, 0.1) is 5.69 Å². The molecule has 1 aromatic heterocycles. The number of aromatic nitrogens is 1. The van der Waals surface area contributed by atoms with E-state index in [9.17, 15) is 0 Å². The van der Waals surface area contributed by atoms with Crippen molar-refractivity contribution in [3.8, 4) is 0 Å². The molecule has 0 saturated heterocycles. The molecule has 0 aliphatic heterocycles. The van der Waals surface area contributed by atoms with E-state index < -0.39 is 0 Å². The summed E-state index contributed by atoms with van der Waals surface area (Å²) in [5.41, 5.74) is 10.2. The maximum atomic E-state index is 5.50. The van der Waals surface area contributed by atoms with Crippen LogP contribution in [0.3, 0.4) is 0 Å². The minimum Gasteiger partial charge on any atom is -0.332 e. The molecule has 0 aliphatic rings. The highest BCUT2D eigenvalue weighted by Gasteiger charge is 2.02. The van der Waals surface area contributed by atoms with Crippen LogP contribution in [0.2, 0.25) is 0 Å². The molecule has 0 bridgehead atoms. The lowest BCUT2D eigenvalue weighted by Crippen LogP contribution is -2.02. The SMILES string of the molecule is Cc1ccc(Nc2nc(CCN)cs2)cc1C. The van der Waals surface area contributed by atoms with E-state index in [0.717, 1.165) is 22.9 Å². The van der Waals surface area contributed by atoms with E-state index in [-0.39, 0.29) is 0 Å². The lowest BCUT2D eigenvalue weighted by molar-refractivity contribution is 0.936. The van der Waals surface area contributed by atoms with E-state index in [2.05, 4.69) is 47.7 Å². The largest absolute Gasteiger partial charge is 0.332 e. The first-order valence-electron chi connectivity index (χ1n) is 5.68. The summed E-state index contributed by atoms with van der Waals surface area (Å²) >= 11 is 1.62. The number of rotatable bonds is 4. The molecule has 0 radical (unpaired) electrons. The maximum absolute atomic E-state index is 5.50. The van der Waals surface area contributed by atoms with Crippen LogP contribution < -0.4 is 11.1 Å². The van der Waals surface area contributed by atoms with Crippen LogP contribution in [0, 0.1) is 13.8 Å². The van der Waals surface area contributed by atoms with Gasteiger partial charge in [0.1, 0.15) is 0 Å². The van der Waals surface area contributed by atoms with Crippen LogP contribution in [0.15, 0.2) is 23.6 Å². The Bertz CT molecular complexity index is 505. The Morgan fingerprint density at radius 3 is 2.82 bits per heavy atom. The summed E-state index contributed by atoms with van der Waals surface area (Å²) in [6.45, 7) is 4.87. The van der Waals surface area contributed by atoms with Crippen molar-refractivity contribution in [3.05, 3.63) is 40.4 Å². The number of nitrogens with two attached hydrogens (primary N) is 1. The van der Waals surface area contributed by atoms with E-state index >= 15 is 0 Å². The van der Waals surface area contributed by atoms with Gasteiger partial charge in [-0.2, -0.15) is 0 Å². The van der Waals surface area contributed by atoms with Crippen molar-refractivity contribution in [1.29, 1.82) is 0 Å². The Balaban J connectivity index is 2.11. The molecule has 0 atom stereocenters. The fourth-order valence-corrected chi connectivity index (χ4v) is 2.33. The summed E-state index contributed by atoms with van der Waals surface area (Å²) in [6, 6.07) is 6.33. The van der Waals surface area contributed by atoms with Crippen molar-refractivity contribution in [2.45, 2.75) is 20.3 Å². The van der Waals surface area contributed by atoms with Gasteiger partial charge in [0.15, 0.2) is 5.13 Å². The summed E-state index contributed by atoms with van der Waals surface area (Å²) < 4.78 is 0. The monoisotopic (exact) mass is 247 g/mol. The molecule has 0 amide bonds. The molecule has 90 valence electrons. The number of hydrogen-bond acceptors (Lipinski definition) is 4. The number of nitrogens with one attached hydrogen (secondary N) is 1. The highest BCUT2D eigenvalue weighted by atomic mass is 32.1. The van der Waals surface area contributed by atoms with E-state index in [0.29, 0.717) is 6.54 Å². The van der Waals surface area contributed by atoms with Gasteiger partial charge in [0, 0.05) is 17.5 Å². The maximum Gasteiger partial charge on any atom is 0.187 e. The lowest BCUT2D eigenvalue weighted by Gasteiger charge is -2.05. The van der Waals surface area contributed by atoms with Crippen molar-refractivity contribution in [2.24, 2.45) is 5.73 Å². The zero-order valence-electron chi connectivity index (χ0n) is 10.2. The van der Waals surface area contributed by atoms with E-state index in [1.165, 1.54) is 11.1 Å². The van der Waals surface area contributed by atoms with Crippen LogP contribution in [0.25, 0.3) is 0 Å². The Morgan fingerprint density at radius 2 is 2.12 bits per heavy atom. The van der Waals surface area contributed by atoms with Crippen molar-refractivity contribution >= 4 is 22.2 Å². The molecule has 0 spiro atoms. The number of thiazole rings is 1. The second kappa shape index (κ2) is 5.29. The Labute approximate surface area is 106 Å². The van der Waals surface area contributed by atoms with Crippen molar-refractivity contribution in [2.75, 3.05) is 11.9 Å². The van der Waals surface area contributed by atoms with Crippen molar-refractivity contribution < 1.29 is 0 Å². The van der Waals surface area contributed by atoms with E-state index in [4.69, 9.17) is 5.73 Å². The second-order valence-corrected chi connectivity index (χ2v) is 4.96. The fraction of sp³-hybridized carbons (Fsp3) is 0.308. The van der Waals surface area contributed by atoms with Gasteiger partial charge in [-0.15, -0.1) is 11.3 Å². The predicted molar refractivity (Wildman–Crippen MR) is 74.1 cm³/mol. The summed E-state index contributed by atoms with van der Waals surface area (Å²) in [5, 5.41) is 6.30. The van der Waals surface area contributed by atoms with Crippen LogP contribution in [-0.4, -0.2) is 11.5 Å². The number of hydrogen-bond donors (Lipinski definition) is 2. The van der Waals surface area contributed by atoms with Gasteiger partial charge >= 0.3 is 0 Å². The Kier molecular flexibility index (Phi) is 3.76. The second-order valence-electron chi connectivity index (χ2n) is 4.11. The first-order chi connectivity index (χ1) is 8.19. The first-order valence-corrected chi connectivity index (χ1v) is 6.56. The van der Waals surface area contributed by atoms with Gasteiger partial charge in [0.2, 0.25) is 0 Å². The van der Waals surface area contributed by atoms with Crippen LogP contribution in [0.1, 0.15) is 16.8 Å². The third kappa shape index (κ3) is 3.05. The zero-order valence-corrected chi connectivity index (χ0v) is 11.0. The molecule has 17 heavy (non-hydrogen) atoms. The summed E-state index contributed by atoms with van der Waals surface area (Å²) in [5.74, 6) is 0. The Morgan fingerprint density at radius 1 is 1.29 bits per heavy atom. The minimum atomic E-state index is 0.646. The number of aryl methyl sites for hydroxylation is 2. The summed E-state index contributed by atoms with van der Waals surface area (Å²) in [4.78, 5) is 4.47.